The van der Waals surface area contributed by atoms with Gasteiger partial charge in [0.15, 0.2) is 5.75 Å². The second-order valence-electron chi connectivity index (χ2n) is 9.57. The van der Waals surface area contributed by atoms with Crippen LogP contribution >= 0.6 is 8.25 Å². The van der Waals surface area contributed by atoms with Crippen molar-refractivity contribution in [2.75, 3.05) is 25.0 Å². The zero-order chi connectivity index (χ0) is 26.6. The van der Waals surface area contributed by atoms with E-state index >= 15 is 0 Å². The van der Waals surface area contributed by atoms with Crippen molar-refractivity contribution >= 4 is 13.9 Å². The molecule has 1 fully saturated rings. The third-order valence-electron chi connectivity index (χ3n) is 6.89. The second kappa shape index (κ2) is 14.7. The molecule has 1 atom stereocenters. The van der Waals surface area contributed by atoms with Crippen molar-refractivity contribution in [2.45, 2.75) is 76.1 Å². The molecular weight excluding hydrogens is 504 g/mol. The molecule has 6 nitrogen and oxygen atoms in total. The Labute approximate surface area is 217 Å². The van der Waals surface area contributed by atoms with E-state index in [1.807, 2.05) is 6.07 Å². The molecule has 0 aliphatic heterocycles. The van der Waals surface area contributed by atoms with Gasteiger partial charge in [-0.15, -0.1) is 22.6 Å². The summed E-state index contributed by atoms with van der Waals surface area (Å²) < 4.78 is 58.5. The smallest absolute Gasteiger partial charge is 0.404 e. The van der Waals surface area contributed by atoms with Crippen molar-refractivity contribution in [3.05, 3.63) is 59.7 Å². The van der Waals surface area contributed by atoms with Gasteiger partial charge >= 0.3 is 14.6 Å². The highest BCUT2D eigenvalue weighted by atomic mass is 31.1. The van der Waals surface area contributed by atoms with Crippen LogP contribution in [0.25, 0.3) is 0 Å². The minimum Gasteiger partial charge on any atom is -0.404 e. The molecule has 1 aliphatic rings. The normalized spacial score (nSPS) is 15.8. The highest BCUT2D eigenvalue weighted by Crippen LogP contribution is 2.43. The Balaban J connectivity index is 1.51. The lowest BCUT2D eigenvalue weighted by Crippen LogP contribution is -2.29. The fourth-order valence-corrected chi connectivity index (χ4v) is 5.40. The van der Waals surface area contributed by atoms with Crippen LogP contribution in [0, 0.1) is 0 Å². The van der Waals surface area contributed by atoms with Crippen LogP contribution in [0.5, 0.6) is 5.75 Å². The van der Waals surface area contributed by atoms with E-state index in [0.29, 0.717) is 37.3 Å². The minimum atomic E-state index is -4.79. The lowest BCUT2D eigenvalue weighted by molar-refractivity contribution is -0.274. The number of hydrogen-bond donors (Lipinski definition) is 3. The fraction of sp³-hybridized carbons (Fsp3) is 0.556. The molecule has 1 unspecified atom stereocenters. The molecule has 3 N–H and O–H groups in total. The summed E-state index contributed by atoms with van der Waals surface area (Å²) in [5.41, 5.74) is 2.57. The average Bonchev–Trinajstić information content (AvgIpc) is 2.87. The number of unbranched alkanes of at least 4 members (excludes halogenated alkanes) is 1. The first-order valence-corrected chi connectivity index (χ1v) is 14.1. The van der Waals surface area contributed by atoms with Crippen molar-refractivity contribution in [3.8, 4) is 5.75 Å². The first-order chi connectivity index (χ1) is 17.8. The van der Waals surface area contributed by atoms with Crippen LogP contribution in [0.15, 0.2) is 48.5 Å². The van der Waals surface area contributed by atoms with Crippen LogP contribution in [0.2, 0.25) is 0 Å². The first-order valence-electron chi connectivity index (χ1n) is 13.0. The molecule has 0 amide bonds. The molecule has 1 aliphatic carbocycles. The average molecular weight is 542 g/mol. The summed E-state index contributed by atoms with van der Waals surface area (Å²) >= 11 is 0. The number of nitrogens with one attached hydrogen (secondary N) is 2. The Morgan fingerprint density at radius 3 is 2.43 bits per heavy atom. The van der Waals surface area contributed by atoms with Crippen LogP contribution in [-0.2, 0) is 21.0 Å². The molecule has 3 rings (SSSR count). The van der Waals surface area contributed by atoms with Crippen LogP contribution in [0.1, 0.15) is 68.9 Å². The maximum Gasteiger partial charge on any atom is 0.694 e. The Bertz CT molecular complexity index is 970. The standard InChI is InChI=1S/C27H36F3N2O4P/c28-27(29,30)36-25-20-22(21-31-17-9-19-35-37(33)34)12-13-24(25)32-18-8-7-16-26(14-5-2-6-15-26)23-10-3-1-4-11-23/h1,3-4,10-13,20,31-32H,2,5-9,14-19,21H2/p+1. The lowest BCUT2D eigenvalue weighted by Gasteiger charge is -2.38. The van der Waals surface area contributed by atoms with Crippen molar-refractivity contribution < 1.29 is 31.9 Å². The van der Waals surface area contributed by atoms with Crippen molar-refractivity contribution in [2.24, 2.45) is 0 Å². The first kappa shape index (κ1) is 29.4. The van der Waals surface area contributed by atoms with E-state index in [1.54, 1.807) is 12.1 Å². The topological polar surface area (TPSA) is 79.8 Å². The van der Waals surface area contributed by atoms with Crippen molar-refractivity contribution in [1.29, 1.82) is 0 Å². The van der Waals surface area contributed by atoms with E-state index in [4.69, 9.17) is 4.89 Å². The SMILES string of the molecule is O=[P+](O)OCCCNCc1ccc(NCCCCC2(c3ccccc3)CCCCC2)c(OC(F)(F)F)c1. The molecule has 0 spiro atoms. The van der Waals surface area contributed by atoms with E-state index in [2.05, 4.69) is 44.2 Å². The van der Waals surface area contributed by atoms with Gasteiger partial charge in [0.05, 0.1) is 5.69 Å². The quantitative estimate of drug-likeness (QED) is 0.163. The van der Waals surface area contributed by atoms with E-state index in [0.717, 1.165) is 19.3 Å². The van der Waals surface area contributed by atoms with Gasteiger partial charge in [-0.25, -0.2) is 0 Å². The van der Waals surface area contributed by atoms with Crippen molar-refractivity contribution in [1.82, 2.24) is 5.32 Å². The Hall–Kier alpha value is -2.19. The molecule has 204 valence electrons. The molecule has 0 saturated heterocycles. The molecule has 0 bridgehead atoms. The summed E-state index contributed by atoms with van der Waals surface area (Å²) in [6.45, 7) is 1.50. The van der Waals surface area contributed by atoms with E-state index < -0.39 is 14.6 Å². The second-order valence-corrected chi connectivity index (χ2v) is 10.3. The summed E-state index contributed by atoms with van der Waals surface area (Å²) in [6.07, 6.45) is 4.78. The summed E-state index contributed by atoms with van der Waals surface area (Å²) in [7, 11) is -2.62. The van der Waals surface area contributed by atoms with Crippen LogP contribution in [0.3, 0.4) is 0 Å². The Morgan fingerprint density at radius 2 is 1.73 bits per heavy atom. The third kappa shape index (κ3) is 10.2. The predicted molar refractivity (Wildman–Crippen MR) is 139 cm³/mol. The van der Waals surface area contributed by atoms with Gasteiger partial charge in [-0.2, -0.15) is 0 Å². The summed E-state index contributed by atoms with van der Waals surface area (Å²) in [5, 5.41) is 6.21. The van der Waals surface area contributed by atoms with E-state index in [9.17, 15) is 17.7 Å². The van der Waals surface area contributed by atoms with Gasteiger partial charge in [-0.05, 0) is 67.3 Å². The highest BCUT2D eigenvalue weighted by Gasteiger charge is 2.33. The van der Waals surface area contributed by atoms with Crippen molar-refractivity contribution in [3.63, 3.8) is 0 Å². The van der Waals surface area contributed by atoms with Crippen LogP contribution in [0.4, 0.5) is 18.9 Å². The fourth-order valence-electron chi connectivity index (χ4n) is 5.12. The summed E-state index contributed by atoms with van der Waals surface area (Å²) in [6, 6.07) is 15.5. The summed E-state index contributed by atoms with van der Waals surface area (Å²) in [5.74, 6) is -0.250. The number of rotatable bonds is 15. The molecule has 1 saturated carbocycles. The predicted octanol–water partition coefficient (Wildman–Crippen LogP) is 7.22. The van der Waals surface area contributed by atoms with Gasteiger partial charge in [0.1, 0.15) is 6.61 Å². The molecule has 37 heavy (non-hydrogen) atoms. The summed E-state index contributed by atoms with van der Waals surface area (Å²) in [4.78, 5) is 8.60. The van der Waals surface area contributed by atoms with Gasteiger partial charge in [0, 0.05) is 17.7 Å². The molecule has 0 aromatic heterocycles. The van der Waals surface area contributed by atoms with E-state index in [-0.39, 0.29) is 17.8 Å². The zero-order valence-electron chi connectivity index (χ0n) is 21.1. The van der Waals surface area contributed by atoms with Crippen LogP contribution < -0.4 is 15.4 Å². The van der Waals surface area contributed by atoms with Gasteiger partial charge in [-0.3, -0.25) is 0 Å². The number of benzene rings is 2. The third-order valence-corrected chi connectivity index (χ3v) is 7.30. The van der Waals surface area contributed by atoms with Crippen LogP contribution in [-0.4, -0.2) is 31.0 Å². The maximum atomic E-state index is 13.0. The zero-order valence-corrected chi connectivity index (χ0v) is 22.0. The maximum absolute atomic E-state index is 13.0. The Kier molecular flexibility index (Phi) is 11.6. The molecule has 10 heteroatoms. The number of anilines is 1. The monoisotopic (exact) mass is 541 g/mol. The van der Waals surface area contributed by atoms with Gasteiger partial charge < -0.3 is 15.4 Å². The molecule has 2 aromatic carbocycles. The Morgan fingerprint density at radius 1 is 0.973 bits per heavy atom. The number of ether oxygens (including phenoxy) is 1. The number of hydrogen-bond acceptors (Lipinski definition) is 5. The van der Waals surface area contributed by atoms with Gasteiger partial charge in [0.2, 0.25) is 0 Å². The van der Waals surface area contributed by atoms with Gasteiger partial charge in [0.25, 0.3) is 0 Å². The molecule has 2 aromatic rings. The molecular formula is C27H37F3N2O4P+. The molecule has 0 radical (unpaired) electrons. The van der Waals surface area contributed by atoms with E-state index in [1.165, 1.54) is 43.7 Å². The molecule has 0 heterocycles. The minimum absolute atomic E-state index is 0.121. The largest absolute Gasteiger partial charge is 0.694 e. The van der Waals surface area contributed by atoms with Gasteiger partial charge in [-0.1, -0.05) is 62.1 Å². The highest BCUT2D eigenvalue weighted by molar-refractivity contribution is 7.32. The number of alkyl halides is 3. The number of halogens is 3. The lowest BCUT2D eigenvalue weighted by atomic mass is 9.67.